The number of aromatic nitrogens is 1. The summed E-state index contributed by atoms with van der Waals surface area (Å²) in [4.78, 5) is 26.6. The molecular weight excluding hydrogens is 350 g/mol. The van der Waals surface area contributed by atoms with E-state index in [4.69, 9.17) is 4.74 Å². The molecule has 2 amide bonds. The molecule has 2 aromatic rings. The molecule has 0 saturated carbocycles. The topological polar surface area (TPSA) is 83.2 Å². The summed E-state index contributed by atoms with van der Waals surface area (Å²) in [7, 11) is 0. The first-order chi connectivity index (χ1) is 10.6. The Morgan fingerprint density at radius 1 is 1.23 bits per heavy atom. The van der Waals surface area contributed by atoms with E-state index in [1.165, 1.54) is 0 Å². The number of amides is 2. The summed E-state index contributed by atoms with van der Waals surface area (Å²) < 4.78 is 6.22. The maximum atomic E-state index is 12.0. The Morgan fingerprint density at radius 3 is 2.68 bits per heavy atom. The van der Waals surface area contributed by atoms with Gasteiger partial charge in [0, 0.05) is 16.2 Å². The molecule has 22 heavy (non-hydrogen) atoms. The number of hydrogen-bond acceptors (Lipinski definition) is 3. The fourth-order valence-corrected chi connectivity index (χ4v) is 2.04. The number of rotatable bonds is 5. The third-order valence-electron chi connectivity index (χ3n) is 2.75. The molecule has 3 N–H and O–H groups in total. The number of carbonyl (C=O) groups is 2. The van der Waals surface area contributed by atoms with Crippen molar-refractivity contribution in [1.82, 2.24) is 15.8 Å². The zero-order valence-electron chi connectivity index (χ0n) is 12.0. The molecule has 0 atom stereocenters. The molecule has 0 aliphatic carbocycles. The molecule has 1 aromatic heterocycles. The molecule has 0 aliphatic heterocycles. The summed E-state index contributed by atoms with van der Waals surface area (Å²) in [6.07, 6.45) is 2.52. The van der Waals surface area contributed by atoms with Crippen LogP contribution in [0.2, 0.25) is 0 Å². The summed E-state index contributed by atoms with van der Waals surface area (Å²) >= 11 is 3.23. The number of carbonyl (C=O) groups excluding carboxylic acids is 2. The van der Waals surface area contributed by atoms with E-state index in [0.717, 1.165) is 10.9 Å². The lowest BCUT2D eigenvalue weighted by molar-refractivity contribution is 0.0844. The van der Waals surface area contributed by atoms with Gasteiger partial charge in [-0.05, 0) is 46.6 Å². The number of aromatic amines is 1. The number of benzene rings is 1. The molecule has 0 fully saturated rings. The fraction of sp³-hybridized carbons (Fsp3) is 0.200. The van der Waals surface area contributed by atoms with E-state index >= 15 is 0 Å². The number of nitrogens with one attached hydrogen (secondary N) is 3. The number of H-pyrrole nitrogens is 1. The fourth-order valence-electron chi connectivity index (χ4n) is 1.70. The highest BCUT2D eigenvalue weighted by atomic mass is 79.9. The average Bonchev–Trinajstić information content (AvgIpc) is 2.97. The predicted octanol–water partition coefficient (Wildman–Crippen LogP) is 2.64. The molecule has 1 heterocycles. The number of halogens is 1. The second kappa shape index (κ2) is 7.65. The van der Waals surface area contributed by atoms with Gasteiger partial charge < -0.3 is 9.72 Å². The van der Waals surface area contributed by atoms with Gasteiger partial charge in [0.25, 0.3) is 11.8 Å². The minimum Gasteiger partial charge on any atom is -0.494 e. The molecule has 0 saturated heterocycles. The Labute approximate surface area is 136 Å². The average molecular weight is 366 g/mol. The Morgan fingerprint density at radius 2 is 2.00 bits per heavy atom. The second-order valence-corrected chi connectivity index (χ2v) is 5.43. The Hall–Kier alpha value is -2.28. The van der Waals surface area contributed by atoms with E-state index in [-0.39, 0.29) is 0 Å². The van der Waals surface area contributed by atoms with Crippen LogP contribution >= 0.6 is 15.9 Å². The molecule has 2 rings (SSSR count). The normalized spacial score (nSPS) is 10.1. The maximum absolute atomic E-state index is 12.0. The monoisotopic (exact) mass is 365 g/mol. The Kier molecular flexibility index (Phi) is 5.60. The van der Waals surface area contributed by atoms with Crippen molar-refractivity contribution < 1.29 is 14.3 Å². The van der Waals surface area contributed by atoms with Crippen molar-refractivity contribution in [3.8, 4) is 5.75 Å². The Bertz CT molecular complexity index is 670. The molecule has 0 unspecified atom stereocenters. The standard InChI is InChI=1S/C15H16BrN3O3/c1-2-6-22-12-5-3-4-10(7-12)14(20)18-19-15(21)13-8-11(16)9-17-13/h3-5,7-9,17H,2,6H2,1H3,(H,18,20)(H,19,21). The van der Waals surface area contributed by atoms with Crippen molar-refractivity contribution in [2.45, 2.75) is 13.3 Å². The van der Waals surface area contributed by atoms with Crippen LogP contribution in [0.1, 0.15) is 34.2 Å². The van der Waals surface area contributed by atoms with Crippen LogP contribution in [0, 0.1) is 0 Å². The maximum Gasteiger partial charge on any atom is 0.286 e. The lowest BCUT2D eigenvalue weighted by Crippen LogP contribution is -2.41. The highest BCUT2D eigenvalue weighted by molar-refractivity contribution is 9.10. The summed E-state index contributed by atoms with van der Waals surface area (Å²) in [5.41, 5.74) is 5.45. The molecule has 0 bridgehead atoms. The first kappa shape index (κ1) is 16.1. The van der Waals surface area contributed by atoms with Gasteiger partial charge in [-0.3, -0.25) is 20.4 Å². The van der Waals surface area contributed by atoms with E-state index in [2.05, 4.69) is 31.8 Å². The van der Waals surface area contributed by atoms with Gasteiger partial charge >= 0.3 is 0 Å². The highest BCUT2D eigenvalue weighted by Gasteiger charge is 2.11. The second-order valence-electron chi connectivity index (χ2n) is 4.52. The van der Waals surface area contributed by atoms with E-state index in [1.807, 2.05) is 6.92 Å². The van der Waals surface area contributed by atoms with Crippen molar-refractivity contribution >= 4 is 27.7 Å². The summed E-state index contributed by atoms with van der Waals surface area (Å²) in [5.74, 6) is -0.229. The van der Waals surface area contributed by atoms with Crippen LogP contribution in [0.15, 0.2) is 41.0 Å². The van der Waals surface area contributed by atoms with Crippen molar-refractivity contribution in [2.75, 3.05) is 6.61 Å². The molecule has 0 radical (unpaired) electrons. The zero-order chi connectivity index (χ0) is 15.9. The van der Waals surface area contributed by atoms with Gasteiger partial charge in [0.1, 0.15) is 11.4 Å². The predicted molar refractivity (Wildman–Crippen MR) is 85.7 cm³/mol. The van der Waals surface area contributed by atoms with Gasteiger partial charge in [-0.1, -0.05) is 13.0 Å². The number of hydrogen-bond donors (Lipinski definition) is 3. The minimum absolute atomic E-state index is 0.340. The minimum atomic E-state index is -0.433. The highest BCUT2D eigenvalue weighted by Crippen LogP contribution is 2.13. The SMILES string of the molecule is CCCOc1cccc(C(=O)NNC(=O)c2cc(Br)c[nH]2)c1. The van der Waals surface area contributed by atoms with Crippen molar-refractivity contribution in [3.05, 3.63) is 52.3 Å². The van der Waals surface area contributed by atoms with Crippen LogP contribution in [0.4, 0.5) is 0 Å². The van der Waals surface area contributed by atoms with Crippen molar-refractivity contribution in [1.29, 1.82) is 0 Å². The quantitative estimate of drug-likeness (QED) is 0.712. The van der Waals surface area contributed by atoms with Gasteiger partial charge in [-0.15, -0.1) is 0 Å². The van der Waals surface area contributed by atoms with Gasteiger partial charge in [-0.25, -0.2) is 0 Å². The first-order valence-corrected chi connectivity index (χ1v) is 7.57. The molecule has 0 spiro atoms. The smallest absolute Gasteiger partial charge is 0.286 e. The number of ether oxygens (including phenoxy) is 1. The molecule has 0 aliphatic rings. The van der Waals surface area contributed by atoms with Crippen molar-refractivity contribution in [3.63, 3.8) is 0 Å². The van der Waals surface area contributed by atoms with Crippen LogP contribution in [0.25, 0.3) is 0 Å². The third-order valence-corrected chi connectivity index (χ3v) is 3.21. The van der Waals surface area contributed by atoms with Crippen LogP contribution in [0.5, 0.6) is 5.75 Å². The van der Waals surface area contributed by atoms with E-state index in [0.29, 0.717) is 23.6 Å². The molecule has 7 heteroatoms. The molecular formula is C15H16BrN3O3. The van der Waals surface area contributed by atoms with E-state index in [9.17, 15) is 9.59 Å². The number of hydrazine groups is 1. The lowest BCUT2D eigenvalue weighted by Gasteiger charge is -2.08. The van der Waals surface area contributed by atoms with Crippen LogP contribution in [-0.2, 0) is 0 Å². The zero-order valence-corrected chi connectivity index (χ0v) is 13.6. The van der Waals surface area contributed by atoms with Crippen LogP contribution in [0.3, 0.4) is 0 Å². The van der Waals surface area contributed by atoms with Crippen molar-refractivity contribution in [2.24, 2.45) is 0 Å². The third kappa shape index (κ3) is 4.36. The van der Waals surface area contributed by atoms with E-state index < -0.39 is 11.8 Å². The largest absolute Gasteiger partial charge is 0.494 e. The molecule has 116 valence electrons. The van der Waals surface area contributed by atoms with Crippen LogP contribution in [-0.4, -0.2) is 23.4 Å². The Balaban J connectivity index is 1.93. The van der Waals surface area contributed by atoms with Crippen LogP contribution < -0.4 is 15.6 Å². The van der Waals surface area contributed by atoms with E-state index in [1.54, 1.807) is 36.5 Å². The van der Waals surface area contributed by atoms with Gasteiger partial charge in [0.15, 0.2) is 0 Å². The van der Waals surface area contributed by atoms with Gasteiger partial charge in [0.05, 0.1) is 6.61 Å². The summed E-state index contributed by atoms with van der Waals surface area (Å²) in [5, 5.41) is 0. The summed E-state index contributed by atoms with van der Waals surface area (Å²) in [6.45, 7) is 2.59. The van der Waals surface area contributed by atoms with Gasteiger partial charge in [0.2, 0.25) is 0 Å². The molecule has 6 nitrogen and oxygen atoms in total. The summed E-state index contributed by atoms with van der Waals surface area (Å²) in [6, 6.07) is 8.39. The molecule has 1 aromatic carbocycles. The lowest BCUT2D eigenvalue weighted by atomic mass is 10.2. The van der Waals surface area contributed by atoms with Gasteiger partial charge in [-0.2, -0.15) is 0 Å². The first-order valence-electron chi connectivity index (χ1n) is 6.77.